The Morgan fingerprint density at radius 3 is 2.50 bits per heavy atom. The minimum absolute atomic E-state index is 0.104. The van der Waals surface area contributed by atoms with Crippen LogP contribution in [0, 0.1) is 25.2 Å². The van der Waals surface area contributed by atoms with Crippen molar-refractivity contribution in [1.82, 2.24) is 14.5 Å². The first kappa shape index (κ1) is 16.6. The number of rotatable bonds is 4. The van der Waals surface area contributed by atoms with Crippen LogP contribution in [-0.4, -0.2) is 47.8 Å². The monoisotopic (exact) mass is 323 g/mol. The number of aryl methyl sites for hydroxylation is 1. The second-order valence-corrected chi connectivity index (χ2v) is 7.72. The molecule has 0 amide bonds. The summed E-state index contributed by atoms with van der Waals surface area (Å²) >= 11 is 0. The van der Waals surface area contributed by atoms with Crippen LogP contribution in [0.25, 0.3) is 0 Å². The number of nitrogens with zero attached hydrogens (tertiary/aromatic N) is 4. The molecule has 0 saturated carbocycles. The highest BCUT2D eigenvalue weighted by atomic mass is 32.2. The molecule has 1 aliphatic heterocycles. The summed E-state index contributed by atoms with van der Waals surface area (Å²) in [4.78, 5) is 0. The lowest BCUT2D eigenvalue weighted by molar-refractivity contribution is 0.330. The first-order chi connectivity index (χ1) is 10.4. The molecule has 0 spiro atoms. The van der Waals surface area contributed by atoms with Gasteiger partial charge in [-0.3, -0.25) is 0 Å². The highest BCUT2D eigenvalue weighted by Gasteiger charge is 2.27. The Morgan fingerprint density at radius 1 is 1.32 bits per heavy atom. The van der Waals surface area contributed by atoms with E-state index in [-0.39, 0.29) is 11.8 Å². The predicted octanol–water partition coefficient (Wildman–Crippen LogP) is 1.19. The van der Waals surface area contributed by atoms with Crippen molar-refractivity contribution in [1.29, 1.82) is 5.26 Å². The molecule has 1 N–H and O–H groups in total. The lowest BCUT2D eigenvalue weighted by atomic mass is 10.1. The molecule has 22 heavy (non-hydrogen) atoms. The first-order valence-corrected chi connectivity index (χ1v) is 8.98. The molecule has 1 aromatic heterocycles. The standard InChI is InChI=1S/C14H21N5O2S/c1-4-22(20,21)19-7-5-12(6-8-19)16-14-13(9-15)10(2)11(3)17-18-14/h12H,4-8H2,1-3H3,(H,16,18). The van der Waals surface area contributed by atoms with E-state index in [1.54, 1.807) is 6.92 Å². The number of anilines is 1. The van der Waals surface area contributed by atoms with Crippen molar-refractivity contribution in [2.24, 2.45) is 0 Å². The number of nitrogens with one attached hydrogen (secondary N) is 1. The minimum atomic E-state index is -3.12. The highest BCUT2D eigenvalue weighted by Crippen LogP contribution is 2.22. The smallest absolute Gasteiger partial charge is 0.213 e. The first-order valence-electron chi connectivity index (χ1n) is 7.37. The van der Waals surface area contributed by atoms with Crippen molar-refractivity contribution in [3.63, 3.8) is 0 Å². The summed E-state index contributed by atoms with van der Waals surface area (Å²) in [6, 6.07) is 2.27. The quantitative estimate of drug-likeness (QED) is 0.893. The third-order valence-corrected chi connectivity index (χ3v) is 6.00. The minimum Gasteiger partial charge on any atom is -0.365 e. The predicted molar refractivity (Wildman–Crippen MR) is 83.9 cm³/mol. The molecule has 0 unspecified atom stereocenters. The number of aromatic nitrogens is 2. The molecular weight excluding hydrogens is 302 g/mol. The van der Waals surface area contributed by atoms with Gasteiger partial charge in [0.1, 0.15) is 11.6 Å². The Balaban J connectivity index is 2.06. The molecule has 8 heteroatoms. The summed E-state index contributed by atoms with van der Waals surface area (Å²) in [5.74, 6) is 0.620. The van der Waals surface area contributed by atoms with Gasteiger partial charge in [-0.15, -0.1) is 5.10 Å². The topological polar surface area (TPSA) is 99.0 Å². The van der Waals surface area contributed by atoms with Gasteiger partial charge < -0.3 is 5.32 Å². The van der Waals surface area contributed by atoms with E-state index in [1.165, 1.54) is 4.31 Å². The summed E-state index contributed by atoms with van der Waals surface area (Å²) in [7, 11) is -3.12. The Hall–Kier alpha value is -1.72. The molecule has 0 bridgehead atoms. The molecule has 2 heterocycles. The molecule has 7 nitrogen and oxygen atoms in total. The fraction of sp³-hybridized carbons (Fsp3) is 0.643. The van der Waals surface area contributed by atoms with Gasteiger partial charge in [0.05, 0.1) is 11.4 Å². The average Bonchev–Trinajstić information content (AvgIpc) is 2.52. The summed E-state index contributed by atoms with van der Waals surface area (Å²) in [5.41, 5.74) is 2.08. The maximum absolute atomic E-state index is 11.8. The van der Waals surface area contributed by atoms with Crippen molar-refractivity contribution < 1.29 is 8.42 Å². The van der Waals surface area contributed by atoms with Crippen LogP contribution < -0.4 is 5.32 Å². The van der Waals surface area contributed by atoms with E-state index >= 15 is 0 Å². The van der Waals surface area contributed by atoms with Gasteiger partial charge in [0.2, 0.25) is 10.0 Å². The van der Waals surface area contributed by atoms with Crippen LogP contribution in [0.4, 0.5) is 5.82 Å². The molecule has 1 aromatic rings. The molecule has 0 atom stereocenters. The normalized spacial score (nSPS) is 17.2. The van der Waals surface area contributed by atoms with Crippen molar-refractivity contribution in [2.75, 3.05) is 24.2 Å². The van der Waals surface area contributed by atoms with Gasteiger partial charge in [0.15, 0.2) is 5.82 Å². The Morgan fingerprint density at radius 2 is 1.95 bits per heavy atom. The van der Waals surface area contributed by atoms with Gasteiger partial charge in [0.25, 0.3) is 0 Å². The molecular formula is C14H21N5O2S. The molecule has 0 aromatic carbocycles. The summed E-state index contributed by atoms with van der Waals surface area (Å²) < 4.78 is 25.2. The molecule has 1 fully saturated rings. The molecule has 120 valence electrons. The second-order valence-electron chi connectivity index (χ2n) is 5.46. The maximum Gasteiger partial charge on any atom is 0.213 e. The Labute approximate surface area is 131 Å². The average molecular weight is 323 g/mol. The van der Waals surface area contributed by atoms with Crippen LogP contribution in [-0.2, 0) is 10.0 Å². The van der Waals surface area contributed by atoms with Gasteiger partial charge >= 0.3 is 0 Å². The molecule has 0 aliphatic carbocycles. The SMILES string of the molecule is CCS(=O)(=O)N1CCC(Nc2nnc(C)c(C)c2C#N)CC1. The lowest BCUT2D eigenvalue weighted by Gasteiger charge is -2.31. The number of sulfonamides is 1. The fourth-order valence-electron chi connectivity index (χ4n) is 2.50. The molecule has 2 rings (SSSR count). The second kappa shape index (κ2) is 6.58. The number of hydrogen-bond acceptors (Lipinski definition) is 6. The van der Waals surface area contributed by atoms with E-state index in [1.807, 2.05) is 13.8 Å². The molecule has 0 radical (unpaired) electrons. The van der Waals surface area contributed by atoms with Crippen molar-refractivity contribution in [3.05, 3.63) is 16.8 Å². The van der Waals surface area contributed by atoms with Gasteiger partial charge in [0, 0.05) is 19.1 Å². The zero-order valence-corrected chi connectivity index (χ0v) is 13.9. The van der Waals surface area contributed by atoms with Gasteiger partial charge in [-0.1, -0.05) is 0 Å². The van der Waals surface area contributed by atoms with E-state index < -0.39 is 10.0 Å². The van der Waals surface area contributed by atoms with E-state index in [9.17, 15) is 13.7 Å². The third kappa shape index (κ3) is 3.36. The van der Waals surface area contributed by atoms with E-state index in [0.29, 0.717) is 37.3 Å². The highest BCUT2D eigenvalue weighted by molar-refractivity contribution is 7.89. The third-order valence-electron chi connectivity index (χ3n) is 4.12. The fourth-order valence-corrected chi connectivity index (χ4v) is 3.63. The van der Waals surface area contributed by atoms with Crippen LogP contribution in [0.5, 0.6) is 0 Å². The summed E-state index contributed by atoms with van der Waals surface area (Å²) in [6.45, 7) is 6.32. The van der Waals surface area contributed by atoms with E-state index in [2.05, 4.69) is 21.6 Å². The van der Waals surface area contributed by atoms with Crippen LogP contribution in [0.3, 0.4) is 0 Å². The Bertz CT molecular complexity index is 688. The van der Waals surface area contributed by atoms with E-state index in [4.69, 9.17) is 0 Å². The van der Waals surface area contributed by atoms with Crippen LogP contribution in [0.2, 0.25) is 0 Å². The van der Waals surface area contributed by atoms with Gasteiger partial charge in [-0.2, -0.15) is 10.4 Å². The van der Waals surface area contributed by atoms with Gasteiger partial charge in [-0.05, 0) is 39.2 Å². The number of piperidine rings is 1. The molecule has 1 saturated heterocycles. The van der Waals surface area contributed by atoms with Crippen molar-refractivity contribution >= 4 is 15.8 Å². The largest absolute Gasteiger partial charge is 0.365 e. The van der Waals surface area contributed by atoms with Crippen LogP contribution >= 0.6 is 0 Å². The van der Waals surface area contributed by atoms with Gasteiger partial charge in [-0.25, -0.2) is 12.7 Å². The maximum atomic E-state index is 11.8. The van der Waals surface area contributed by atoms with Crippen molar-refractivity contribution in [3.8, 4) is 6.07 Å². The zero-order chi connectivity index (χ0) is 16.3. The summed E-state index contributed by atoms with van der Waals surface area (Å²) in [6.07, 6.45) is 1.39. The van der Waals surface area contributed by atoms with E-state index in [0.717, 1.165) is 11.3 Å². The lowest BCUT2D eigenvalue weighted by Crippen LogP contribution is -2.43. The van der Waals surface area contributed by atoms with Crippen molar-refractivity contribution in [2.45, 2.75) is 39.7 Å². The Kier molecular flexibility index (Phi) is 4.98. The molecule has 1 aliphatic rings. The number of hydrogen-bond donors (Lipinski definition) is 1. The van der Waals surface area contributed by atoms with Crippen LogP contribution in [0.1, 0.15) is 36.6 Å². The number of nitriles is 1. The van der Waals surface area contributed by atoms with Crippen LogP contribution in [0.15, 0.2) is 0 Å². The zero-order valence-electron chi connectivity index (χ0n) is 13.1. The summed E-state index contributed by atoms with van der Waals surface area (Å²) in [5, 5.41) is 20.7.